The summed E-state index contributed by atoms with van der Waals surface area (Å²) in [4.78, 5) is 0. The third-order valence-electron chi connectivity index (χ3n) is 5.07. The Bertz CT molecular complexity index is 1170. The van der Waals surface area contributed by atoms with Crippen molar-refractivity contribution in [3.8, 4) is 5.75 Å². The van der Waals surface area contributed by atoms with E-state index in [4.69, 9.17) is 4.74 Å². The largest absolute Gasteiger partial charge is 0.485 e. The van der Waals surface area contributed by atoms with Crippen molar-refractivity contribution in [2.45, 2.75) is 20.0 Å². The molecule has 5 rings (SSSR count). The van der Waals surface area contributed by atoms with Crippen LogP contribution < -0.4 is 15.2 Å². The van der Waals surface area contributed by atoms with Crippen LogP contribution in [0.1, 0.15) is 19.4 Å². The maximum absolute atomic E-state index is 6.12. The van der Waals surface area contributed by atoms with E-state index in [9.17, 15) is 0 Å². The van der Waals surface area contributed by atoms with Gasteiger partial charge in [0, 0.05) is 10.6 Å². The quantitative estimate of drug-likeness (QED) is 0.482. The molecule has 0 N–H and O–H groups in total. The molecule has 0 fully saturated rings. The maximum atomic E-state index is 6.12. The van der Waals surface area contributed by atoms with Crippen molar-refractivity contribution in [3.63, 3.8) is 0 Å². The molecule has 1 heteroatoms. The number of hydrogen-bond acceptors (Lipinski definition) is 1. The van der Waals surface area contributed by atoms with E-state index >= 15 is 0 Å². The third kappa shape index (κ3) is 1.38. The summed E-state index contributed by atoms with van der Waals surface area (Å²) in [6.07, 6.45) is 2.48. The van der Waals surface area contributed by atoms with Crippen LogP contribution in [0.25, 0.3) is 22.4 Å². The van der Waals surface area contributed by atoms with Gasteiger partial charge in [0.1, 0.15) is 11.9 Å². The van der Waals surface area contributed by atoms with Gasteiger partial charge in [0.05, 0.1) is 0 Å². The van der Waals surface area contributed by atoms with Gasteiger partial charge in [0.2, 0.25) is 0 Å². The molecule has 1 nitrogen and oxygen atoms in total. The van der Waals surface area contributed by atoms with Crippen molar-refractivity contribution in [3.05, 3.63) is 75.0 Å². The van der Waals surface area contributed by atoms with Crippen LogP contribution in [0.5, 0.6) is 5.75 Å². The molecule has 1 aliphatic heterocycles. The molecule has 0 bridgehead atoms. The molecular weight excluding hydrogens is 268 g/mol. The molecule has 3 aromatic carbocycles. The fourth-order valence-electron chi connectivity index (χ4n) is 3.74. The normalized spacial score (nSPS) is 17.7. The van der Waals surface area contributed by atoms with Gasteiger partial charge in [0.15, 0.2) is 0 Å². The van der Waals surface area contributed by atoms with Crippen LogP contribution in [-0.4, -0.2) is 6.10 Å². The van der Waals surface area contributed by atoms with Gasteiger partial charge in [-0.25, -0.2) is 0 Å². The predicted molar refractivity (Wildman–Crippen MR) is 90.1 cm³/mol. The van der Waals surface area contributed by atoms with Gasteiger partial charge in [-0.3, -0.25) is 0 Å². The van der Waals surface area contributed by atoms with Gasteiger partial charge in [0.25, 0.3) is 0 Å². The number of fused-ring (bicyclic) bond motifs is 6. The monoisotopic (exact) mass is 284 g/mol. The third-order valence-corrected chi connectivity index (χ3v) is 5.07. The Morgan fingerprint density at radius 2 is 1.59 bits per heavy atom. The number of rotatable bonds is 0. The van der Waals surface area contributed by atoms with Gasteiger partial charge in [-0.05, 0) is 58.2 Å². The lowest BCUT2D eigenvalue weighted by molar-refractivity contribution is 0.293. The van der Waals surface area contributed by atoms with Crippen LogP contribution in [0, 0.1) is 10.4 Å². The topological polar surface area (TPSA) is 9.23 Å². The highest BCUT2D eigenvalue weighted by molar-refractivity contribution is 5.96. The lowest BCUT2D eigenvalue weighted by atomic mass is 10.0. The van der Waals surface area contributed by atoms with E-state index in [2.05, 4.69) is 68.5 Å². The van der Waals surface area contributed by atoms with E-state index in [0.717, 1.165) is 5.75 Å². The fraction of sp³-hybridized carbons (Fsp3) is 0.143. The highest BCUT2D eigenvalue weighted by Crippen LogP contribution is 2.32. The molecule has 3 aromatic rings. The summed E-state index contributed by atoms with van der Waals surface area (Å²) >= 11 is 0. The standard InChI is InChI=1S/C21H16O/c1-12-13(2)22-21-15(12)7-8-18-19(21)10-9-17-16-6-4-3-5-14(16)11-20(17)18/h3-11,13H,1-2H3. The molecule has 0 aromatic heterocycles. The molecule has 1 aliphatic carbocycles. The summed E-state index contributed by atoms with van der Waals surface area (Å²) in [5.41, 5.74) is 2.65. The maximum Gasteiger partial charge on any atom is 0.135 e. The lowest BCUT2D eigenvalue weighted by Gasteiger charge is -2.09. The van der Waals surface area contributed by atoms with Crippen molar-refractivity contribution >= 4 is 22.4 Å². The Morgan fingerprint density at radius 3 is 2.50 bits per heavy atom. The second kappa shape index (κ2) is 4.01. The van der Waals surface area contributed by atoms with Crippen LogP contribution in [-0.2, 0) is 0 Å². The first-order valence-corrected chi connectivity index (χ1v) is 7.78. The zero-order valence-corrected chi connectivity index (χ0v) is 12.7. The first kappa shape index (κ1) is 12.0. The molecule has 22 heavy (non-hydrogen) atoms. The molecule has 1 heterocycles. The molecule has 2 aliphatic rings. The van der Waals surface area contributed by atoms with Gasteiger partial charge in [-0.15, -0.1) is 0 Å². The minimum Gasteiger partial charge on any atom is -0.485 e. The Labute approximate surface area is 128 Å². The minimum atomic E-state index is 0.176. The Hall–Kier alpha value is -2.54. The van der Waals surface area contributed by atoms with Crippen molar-refractivity contribution in [1.82, 2.24) is 0 Å². The van der Waals surface area contributed by atoms with Crippen molar-refractivity contribution < 1.29 is 4.74 Å². The predicted octanol–water partition coefficient (Wildman–Crippen LogP) is 3.22. The van der Waals surface area contributed by atoms with Crippen molar-refractivity contribution in [1.29, 1.82) is 0 Å². The summed E-state index contributed by atoms with van der Waals surface area (Å²) in [6, 6.07) is 17.5. The van der Waals surface area contributed by atoms with Crippen molar-refractivity contribution in [2.75, 3.05) is 0 Å². The summed E-state index contributed by atoms with van der Waals surface area (Å²) in [6.45, 7) is 4.29. The fourth-order valence-corrected chi connectivity index (χ4v) is 3.74. The minimum absolute atomic E-state index is 0.176. The molecule has 0 spiro atoms. The van der Waals surface area contributed by atoms with Crippen LogP contribution in [0.4, 0.5) is 0 Å². The molecule has 1 atom stereocenters. The number of benzene rings is 3. The summed E-state index contributed by atoms with van der Waals surface area (Å²) in [5.74, 6) is 1.05. The molecule has 0 radical (unpaired) electrons. The summed E-state index contributed by atoms with van der Waals surface area (Å²) in [5, 5.41) is 7.74. The van der Waals surface area contributed by atoms with E-state index in [1.54, 1.807) is 0 Å². The van der Waals surface area contributed by atoms with E-state index < -0.39 is 0 Å². The zero-order valence-electron chi connectivity index (χ0n) is 12.7. The van der Waals surface area contributed by atoms with Crippen LogP contribution >= 0.6 is 0 Å². The number of hydrogen-bond donors (Lipinski definition) is 0. The van der Waals surface area contributed by atoms with Gasteiger partial charge < -0.3 is 4.74 Å². The van der Waals surface area contributed by atoms with Gasteiger partial charge in [-0.2, -0.15) is 0 Å². The molecule has 106 valence electrons. The molecule has 0 saturated carbocycles. The van der Waals surface area contributed by atoms with E-state index in [1.165, 1.54) is 42.8 Å². The van der Waals surface area contributed by atoms with Crippen LogP contribution in [0.3, 0.4) is 0 Å². The smallest absolute Gasteiger partial charge is 0.135 e. The van der Waals surface area contributed by atoms with Crippen LogP contribution in [0.15, 0.2) is 48.5 Å². The second-order valence-electron chi connectivity index (χ2n) is 6.24. The molecule has 0 amide bonds. The molecule has 0 saturated heterocycles. The zero-order chi connectivity index (χ0) is 14.8. The molecular formula is C21H16O. The SMILES string of the molecule is CC1=c2ccc3c4c(ccc3c2OC1C)=c1ccccc1=C4. The second-order valence-corrected chi connectivity index (χ2v) is 6.24. The van der Waals surface area contributed by atoms with Gasteiger partial charge in [-0.1, -0.05) is 42.5 Å². The summed E-state index contributed by atoms with van der Waals surface area (Å²) in [7, 11) is 0. The van der Waals surface area contributed by atoms with Crippen LogP contribution in [0.2, 0.25) is 0 Å². The Morgan fingerprint density at radius 1 is 0.818 bits per heavy atom. The van der Waals surface area contributed by atoms with Crippen molar-refractivity contribution in [2.24, 2.45) is 0 Å². The lowest BCUT2D eigenvalue weighted by Crippen LogP contribution is -2.06. The average Bonchev–Trinajstić information content (AvgIpc) is 3.06. The average molecular weight is 284 g/mol. The first-order valence-electron chi connectivity index (χ1n) is 7.78. The summed E-state index contributed by atoms with van der Waals surface area (Å²) < 4.78 is 6.12. The van der Waals surface area contributed by atoms with E-state index in [0.29, 0.717) is 0 Å². The highest BCUT2D eigenvalue weighted by atomic mass is 16.5. The Balaban J connectivity index is 1.98. The van der Waals surface area contributed by atoms with E-state index in [1.807, 2.05) is 0 Å². The molecule has 1 unspecified atom stereocenters. The first-order chi connectivity index (χ1) is 10.7. The Kier molecular flexibility index (Phi) is 2.20. The highest BCUT2D eigenvalue weighted by Gasteiger charge is 2.20. The van der Waals surface area contributed by atoms with Gasteiger partial charge >= 0.3 is 0 Å². The number of ether oxygens (including phenoxy) is 1. The van der Waals surface area contributed by atoms with E-state index in [-0.39, 0.29) is 6.10 Å².